The Hall–Kier alpha value is -2.29. The lowest BCUT2D eigenvalue weighted by Gasteiger charge is -2.27. The predicted molar refractivity (Wildman–Crippen MR) is 346 cm³/mol. The Morgan fingerprint density at radius 3 is 1.18 bits per heavy atom. The summed E-state index contributed by atoms with van der Waals surface area (Å²) < 4.78 is 30.8. The highest BCUT2D eigenvalue weighted by molar-refractivity contribution is 7.47. The molecule has 0 saturated carbocycles. The highest BCUT2D eigenvalue weighted by atomic mass is 31.2. The van der Waals surface area contributed by atoms with E-state index in [9.17, 15) is 19.0 Å². The predicted octanol–water partition coefficient (Wildman–Crippen LogP) is 21.4. The van der Waals surface area contributed by atoms with E-state index in [0.29, 0.717) is 17.4 Å². The van der Waals surface area contributed by atoms with E-state index in [1.54, 1.807) is 0 Å². The molecule has 0 aliphatic rings. The minimum absolute atomic E-state index is 0.0381. The number of carbonyl (C=O) groups is 2. The second kappa shape index (κ2) is 59.9. The summed E-state index contributed by atoms with van der Waals surface area (Å²) in [7, 11) is 1.50. The number of hydrogen-bond donors (Lipinski definition) is 2. The van der Waals surface area contributed by atoms with Crippen LogP contribution in [-0.4, -0.2) is 74.3 Å². The monoisotopic (exact) mass is 1140 g/mol. The summed E-state index contributed by atoms with van der Waals surface area (Å²) in [4.78, 5) is 37.8. The van der Waals surface area contributed by atoms with Crippen LogP contribution >= 0.6 is 7.82 Å². The lowest BCUT2D eigenvalue weighted by atomic mass is 10.0. The van der Waals surface area contributed by atoms with Crippen LogP contribution in [0.1, 0.15) is 323 Å². The van der Waals surface area contributed by atoms with Gasteiger partial charge in [-0.05, 0) is 96.0 Å². The molecule has 0 aromatic carbocycles. The van der Waals surface area contributed by atoms with E-state index in [-0.39, 0.29) is 31.5 Å². The number of amides is 1. The molecule has 0 saturated heterocycles. The van der Waals surface area contributed by atoms with Gasteiger partial charge in [-0.15, -0.1) is 0 Å². The van der Waals surface area contributed by atoms with Gasteiger partial charge in [0.2, 0.25) is 5.91 Å². The van der Waals surface area contributed by atoms with E-state index in [4.69, 9.17) is 13.8 Å². The van der Waals surface area contributed by atoms with Crippen molar-refractivity contribution in [3.05, 3.63) is 60.8 Å². The SMILES string of the molecule is CCCCC/C=C\C/C=C\C/C=C\CCCCCCCCCCC(=O)NC(COP(=O)(O)OCC[N+](C)(C)C)C(/C=C/CCCCCCCCCCCC)OC(=O)CCCCCCCCCCCCC/C=C/CCCCCCCC. The fraction of sp³-hybridized carbons (Fsp3) is 0.829. The molecule has 0 rings (SSSR count). The zero-order valence-corrected chi connectivity index (χ0v) is 54.5. The van der Waals surface area contributed by atoms with Gasteiger partial charge in [0.25, 0.3) is 0 Å². The van der Waals surface area contributed by atoms with Crippen molar-refractivity contribution in [2.24, 2.45) is 0 Å². The van der Waals surface area contributed by atoms with Gasteiger partial charge in [0.1, 0.15) is 19.3 Å². The quantitative estimate of drug-likeness (QED) is 0.0205. The van der Waals surface area contributed by atoms with Gasteiger partial charge in [-0.1, -0.05) is 275 Å². The molecule has 80 heavy (non-hydrogen) atoms. The number of esters is 1. The molecule has 468 valence electrons. The van der Waals surface area contributed by atoms with E-state index >= 15 is 0 Å². The second-order valence-electron chi connectivity index (χ2n) is 24.3. The molecular weight excluding hydrogens is 1010 g/mol. The molecule has 3 unspecified atom stereocenters. The maximum absolute atomic E-state index is 13.6. The Morgan fingerprint density at radius 1 is 0.438 bits per heavy atom. The minimum atomic E-state index is -4.45. The van der Waals surface area contributed by atoms with Gasteiger partial charge in [-0.3, -0.25) is 18.6 Å². The molecule has 1 amide bonds. The fourth-order valence-electron chi connectivity index (χ4n) is 9.88. The van der Waals surface area contributed by atoms with E-state index in [0.717, 1.165) is 83.5 Å². The van der Waals surface area contributed by atoms with Gasteiger partial charge in [0, 0.05) is 12.8 Å². The molecule has 0 fully saturated rings. The number of quaternary nitrogens is 1. The zero-order chi connectivity index (χ0) is 58.6. The number of nitrogens with one attached hydrogen (secondary N) is 1. The van der Waals surface area contributed by atoms with Crippen molar-refractivity contribution in [2.45, 2.75) is 335 Å². The number of rotatable bonds is 62. The van der Waals surface area contributed by atoms with Crippen molar-refractivity contribution in [3.8, 4) is 0 Å². The number of nitrogens with zero attached hydrogens (tertiary/aromatic N) is 1. The first-order valence-electron chi connectivity index (χ1n) is 34.1. The van der Waals surface area contributed by atoms with E-state index in [1.807, 2.05) is 33.3 Å². The second-order valence-corrected chi connectivity index (χ2v) is 25.8. The maximum atomic E-state index is 13.6. The Kier molecular flexibility index (Phi) is 58.1. The summed E-state index contributed by atoms with van der Waals surface area (Å²) in [5.41, 5.74) is 0. The normalized spacial score (nSPS) is 13.9. The Morgan fingerprint density at radius 2 is 0.762 bits per heavy atom. The molecule has 3 atom stereocenters. The molecule has 0 aromatic rings. The Labute approximate surface area is 496 Å². The number of unbranched alkanes of at least 4 members (excludes halogenated alkanes) is 38. The first-order valence-corrected chi connectivity index (χ1v) is 35.6. The third-order valence-electron chi connectivity index (χ3n) is 15.2. The van der Waals surface area contributed by atoms with Crippen LogP contribution in [0.4, 0.5) is 0 Å². The average Bonchev–Trinajstić information content (AvgIpc) is 3.42. The van der Waals surface area contributed by atoms with Gasteiger partial charge < -0.3 is 19.4 Å². The fourth-order valence-corrected chi connectivity index (χ4v) is 10.6. The average molecular weight is 1140 g/mol. The topological polar surface area (TPSA) is 111 Å². The number of allylic oxidation sites excluding steroid dienone is 9. The molecule has 0 aromatic heterocycles. The summed E-state index contributed by atoms with van der Waals surface area (Å²) in [5, 5.41) is 3.07. The van der Waals surface area contributed by atoms with Crippen LogP contribution < -0.4 is 5.32 Å². The molecule has 0 spiro atoms. The lowest BCUT2D eigenvalue weighted by Crippen LogP contribution is -2.47. The minimum Gasteiger partial charge on any atom is -0.456 e. The third kappa shape index (κ3) is 60.3. The summed E-state index contributed by atoms with van der Waals surface area (Å²) in [5.74, 6) is -0.504. The molecule has 0 aliphatic heterocycles. The Bertz CT molecular complexity index is 1550. The summed E-state index contributed by atoms with van der Waals surface area (Å²) in [6, 6.07) is -0.854. The van der Waals surface area contributed by atoms with Crippen LogP contribution in [0.5, 0.6) is 0 Å². The van der Waals surface area contributed by atoms with Crippen LogP contribution in [0.3, 0.4) is 0 Å². The molecule has 0 bridgehead atoms. The maximum Gasteiger partial charge on any atom is 0.472 e. The molecule has 2 N–H and O–H groups in total. The van der Waals surface area contributed by atoms with Crippen molar-refractivity contribution >= 4 is 19.7 Å². The third-order valence-corrected chi connectivity index (χ3v) is 16.2. The molecule has 10 heteroatoms. The number of likely N-dealkylation sites (N-methyl/N-ethyl adjacent to an activating group) is 1. The highest BCUT2D eigenvalue weighted by Gasteiger charge is 2.30. The largest absolute Gasteiger partial charge is 0.472 e. The first kappa shape index (κ1) is 77.7. The van der Waals surface area contributed by atoms with Crippen molar-refractivity contribution in [1.82, 2.24) is 5.32 Å². The van der Waals surface area contributed by atoms with Crippen LogP contribution in [0.25, 0.3) is 0 Å². The molecule has 9 nitrogen and oxygen atoms in total. The van der Waals surface area contributed by atoms with Gasteiger partial charge in [0.15, 0.2) is 0 Å². The van der Waals surface area contributed by atoms with Crippen molar-refractivity contribution in [3.63, 3.8) is 0 Å². The van der Waals surface area contributed by atoms with Crippen LogP contribution in [0.2, 0.25) is 0 Å². The molecule has 0 radical (unpaired) electrons. The zero-order valence-electron chi connectivity index (χ0n) is 53.6. The van der Waals surface area contributed by atoms with Gasteiger partial charge in [-0.2, -0.15) is 0 Å². The highest BCUT2D eigenvalue weighted by Crippen LogP contribution is 2.43. The van der Waals surface area contributed by atoms with Crippen molar-refractivity contribution in [2.75, 3.05) is 40.9 Å². The van der Waals surface area contributed by atoms with Crippen molar-refractivity contribution in [1.29, 1.82) is 0 Å². The molecule has 0 heterocycles. The van der Waals surface area contributed by atoms with E-state index in [2.05, 4.69) is 74.7 Å². The number of phosphoric ester groups is 1. The smallest absolute Gasteiger partial charge is 0.456 e. The number of hydrogen-bond acceptors (Lipinski definition) is 6. The number of phosphoric acid groups is 1. The van der Waals surface area contributed by atoms with Gasteiger partial charge >= 0.3 is 13.8 Å². The van der Waals surface area contributed by atoms with Crippen LogP contribution in [-0.2, 0) is 27.9 Å². The van der Waals surface area contributed by atoms with E-state index in [1.165, 1.54) is 205 Å². The van der Waals surface area contributed by atoms with Crippen molar-refractivity contribution < 1.29 is 37.3 Å². The summed E-state index contributed by atoms with van der Waals surface area (Å²) in [6.45, 7) is 7.01. The standard InChI is InChI=1S/C70H131N2O7P/c1-7-10-13-16-19-22-25-28-30-32-34-36-38-40-42-44-47-50-53-56-59-62-69(73)71-67(66-78-80(75,76)77-65-64-72(4,5)6)68(61-58-55-52-49-46-27-24-21-18-15-12-9-3)79-70(74)63-60-57-54-51-48-45-43-41-39-37-35-33-31-29-26-23-20-17-14-11-8-2/h19,22,28-31,34,36,58,61,67-68H,7-18,20-21,23-27,32-33,35,37-57,59-60,62-66H2,1-6H3,(H-,71,73,75,76)/p+1/b22-19-,30-28-,31-29+,36-34-,61-58+. The molecular formula is C70H132N2O7P+. The first-order chi connectivity index (χ1) is 38.9. The van der Waals surface area contributed by atoms with E-state index < -0.39 is 20.0 Å². The van der Waals surface area contributed by atoms with Gasteiger partial charge in [0.05, 0.1) is 33.8 Å². The van der Waals surface area contributed by atoms with Crippen LogP contribution in [0, 0.1) is 0 Å². The molecule has 0 aliphatic carbocycles. The Balaban J connectivity index is 5.15. The summed E-state index contributed by atoms with van der Waals surface area (Å²) >= 11 is 0. The summed E-state index contributed by atoms with van der Waals surface area (Å²) in [6.07, 6.45) is 76.5. The lowest BCUT2D eigenvalue weighted by molar-refractivity contribution is -0.870. The number of ether oxygens (including phenoxy) is 1. The number of carbonyl (C=O) groups excluding carboxylic acids is 2. The van der Waals surface area contributed by atoms with Gasteiger partial charge in [-0.25, -0.2) is 4.57 Å². The van der Waals surface area contributed by atoms with Crippen LogP contribution in [0.15, 0.2) is 60.8 Å².